The summed E-state index contributed by atoms with van der Waals surface area (Å²) in [5.41, 5.74) is 6.61. The van der Waals surface area contributed by atoms with Gasteiger partial charge in [-0.2, -0.15) is 0 Å². The van der Waals surface area contributed by atoms with E-state index in [9.17, 15) is 4.79 Å². The molecule has 2 atom stereocenters. The third-order valence-corrected chi connectivity index (χ3v) is 7.41. The predicted octanol–water partition coefficient (Wildman–Crippen LogP) is 5.75. The SMILES string of the molecule is CC(=O)Nc1ccc(N2C(=S)N[C@@H](c3ccccn3)[C@@H]2c2cc(C)n(C3CCCC3)c2C)cc1. The van der Waals surface area contributed by atoms with Crippen molar-refractivity contribution in [3.63, 3.8) is 0 Å². The molecule has 3 aromatic rings. The molecular formula is C27H31N5OS. The largest absolute Gasteiger partial charge is 0.351 e. The lowest BCUT2D eigenvalue weighted by atomic mass is 9.96. The molecule has 1 saturated heterocycles. The molecule has 0 spiro atoms. The smallest absolute Gasteiger partial charge is 0.221 e. The van der Waals surface area contributed by atoms with Crippen molar-refractivity contribution in [3.8, 4) is 0 Å². The van der Waals surface area contributed by atoms with Crippen LogP contribution in [0.1, 0.15) is 73.4 Å². The van der Waals surface area contributed by atoms with Crippen LogP contribution in [0.25, 0.3) is 0 Å². The molecule has 0 radical (unpaired) electrons. The number of aromatic nitrogens is 2. The minimum absolute atomic E-state index is 0.0321. The lowest BCUT2D eigenvalue weighted by Crippen LogP contribution is -2.29. The fourth-order valence-corrected chi connectivity index (χ4v) is 6.03. The monoisotopic (exact) mass is 473 g/mol. The van der Waals surface area contributed by atoms with E-state index < -0.39 is 0 Å². The number of carbonyl (C=O) groups is 1. The molecule has 0 unspecified atom stereocenters. The minimum Gasteiger partial charge on any atom is -0.351 e. The van der Waals surface area contributed by atoms with Gasteiger partial charge in [0.2, 0.25) is 5.91 Å². The van der Waals surface area contributed by atoms with E-state index in [4.69, 9.17) is 12.2 Å². The summed E-state index contributed by atoms with van der Waals surface area (Å²) >= 11 is 5.88. The van der Waals surface area contributed by atoms with Gasteiger partial charge in [-0.1, -0.05) is 18.9 Å². The molecule has 176 valence electrons. The van der Waals surface area contributed by atoms with Crippen LogP contribution in [-0.2, 0) is 4.79 Å². The summed E-state index contributed by atoms with van der Waals surface area (Å²) in [5.74, 6) is -0.0847. The summed E-state index contributed by atoms with van der Waals surface area (Å²) in [4.78, 5) is 18.3. The van der Waals surface area contributed by atoms with Crippen LogP contribution in [0.2, 0.25) is 0 Å². The van der Waals surface area contributed by atoms with Crippen LogP contribution in [-0.4, -0.2) is 20.6 Å². The number of hydrogen-bond donors (Lipinski definition) is 2. The molecule has 1 saturated carbocycles. The molecule has 3 heterocycles. The quantitative estimate of drug-likeness (QED) is 0.462. The number of nitrogens with one attached hydrogen (secondary N) is 2. The fraction of sp³-hybridized carbons (Fsp3) is 0.370. The van der Waals surface area contributed by atoms with E-state index >= 15 is 0 Å². The normalized spacial score (nSPS) is 20.6. The Morgan fingerprint density at radius 2 is 1.85 bits per heavy atom. The second kappa shape index (κ2) is 9.22. The number of carbonyl (C=O) groups excluding carboxylic acids is 1. The molecule has 34 heavy (non-hydrogen) atoms. The zero-order valence-corrected chi connectivity index (χ0v) is 20.7. The highest BCUT2D eigenvalue weighted by molar-refractivity contribution is 7.80. The van der Waals surface area contributed by atoms with Gasteiger partial charge in [-0.05, 0) is 86.9 Å². The van der Waals surface area contributed by atoms with E-state index in [0.29, 0.717) is 11.2 Å². The Balaban J connectivity index is 1.59. The van der Waals surface area contributed by atoms with E-state index in [1.54, 1.807) is 0 Å². The lowest BCUT2D eigenvalue weighted by molar-refractivity contribution is -0.114. The van der Waals surface area contributed by atoms with Gasteiger partial charge in [-0.25, -0.2) is 0 Å². The van der Waals surface area contributed by atoms with Gasteiger partial charge >= 0.3 is 0 Å². The maximum atomic E-state index is 11.5. The maximum absolute atomic E-state index is 11.5. The van der Waals surface area contributed by atoms with Crippen molar-refractivity contribution in [2.75, 3.05) is 10.2 Å². The first-order chi connectivity index (χ1) is 16.4. The van der Waals surface area contributed by atoms with Crippen molar-refractivity contribution in [2.24, 2.45) is 0 Å². The van der Waals surface area contributed by atoms with Crippen molar-refractivity contribution in [2.45, 2.75) is 64.6 Å². The molecule has 1 aliphatic heterocycles. The Morgan fingerprint density at radius 3 is 2.50 bits per heavy atom. The van der Waals surface area contributed by atoms with Gasteiger partial charge < -0.3 is 20.1 Å². The Labute approximate surface area is 206 Å². The van der Waals surface area contributed by atoms with Crippen molar-refractivity contribution >= 4 is 34.6 Å². The van der Waals surface area contributed by atoms with Gasteiger partial charge in [-0.3, -0.25) is 9.78 Å². The van der Waals surface area contributed by atoms with Gasteiger partial charge in [0.1, 0.15) is 0 Å². The first-order valence-corrected chi connectivity index (χ1v) is 12.4. The number of aryl methyl sites for hydroxylation is 1. The van der Waals surface area contributed by atoms with Crippen LogP contribution >= 0.6 is 12.2 Å². The number of pyridine rings is 1. The molecule has 0 bridgehead atoms. The Kier molecular flexibility index (Phi) is 6.13. The molecule has 2 fully saturated rings. The second-order valence-corrected chi connectivity index (χ2v) is 9.75. The van der Waals surface area contributed by atoms with Crippen LogP contribution in [0.4, 0.5) is 11.4 Å². The van der Waals surface area contributed by atoms with Gasteiger partial charge in [0.25, 0.3) is 0 Å². The molecule has 1 aliphatic carbocycles. The highest BCUT2D eigenvalue weighted by atomic mass is 32.1. The average Bonchev–Trinajstić information content (AvgIpc) is 3.52. The molecule has 7 heteroatoms. The molecular weight excluding hydrogens is 442 g/mol. The van der Waals surface area contributed by atoms with Gasteiger partial charge in [0, 0.05) is 41.9 Å². The molecule has 5 rings (SSSR count). The van der Waals surface area contributed by atoms with Crippen LogP contribution in [0, 0.1) is 13.8 Å². The highest BCUT2D eigenvalue weighted by Crippen LogP contribution is 2.45. The zero-order chi connectivity index (χ0) is 23.8. The average molecular weight is 474 g/mol. The number of benzene rings is 1. The van der Waals surface area contributed by atoms with Gasteiger partial charge in [0.05, 0.1) is 17.8 Å². The van der Waals surface area contributed by atoms with Gasteiger partial charge in [0.15, 0.2) is 5.11 Å². The Bertz CT molecular complexity index is 1200. The lowest BCUT2D eigenvalue weighted by Gasteiger charge is -2.28. The number of nitrogens with zero attached hydrogens (tertiary/aromatic N) is 3. The van der Waals surface area contributed by atoms with Gasteiger partial charge in [-0.15, -0.1) is 0 Å². The predicted molar refractivity (Wildman–Crippen MR) is 140 cm³/mol. The maximum Gasteiger partial charge on any atom is 0.221 e. The number of hydrogen-bond acceptors (Lipinski definition) is 3. The highest BCUT2D eigenvalue weighted by Gasteiger charge is 2.42. The van der Waals surface area contributed by atoms with Crippen molar-refractivity contribution < 1.29 is 4.79 Å². The van der Waals surface area contributed by atoms with E-state index in [0.717, 1.165) is 17.1 Å². The number of rotatable bonds is 5. The van der Waals surface area contributed by atoms with Crippen molar-refractivity contribution in [1.29, 1.82) is 0 Å². The summed E-state index contributed by atoms with van der Waals surface area (Å²) in [6, 6.07) is 16.7. The van der Waals surface area contributed by atoms with Crippen LogP contribution in [0.5, 0.6) is 0 Å². The molecule has 2 aromatic heterocycles. The van der Waals surface area contributed by atoms with Crippen molar-refractivity contribution in [1.82, 2.24) is 14.9 Å². The number of amides is 1. The summed E-state index contributed by atoms with van der Waals surface area (Å²) in [6.45, 7) is 5.98. The van der Waals surface area contributed by atoms with E-state index in [1.807, 2.05) is 42.6 Å². The summed E-state index contributed by atoms with van der Waals surface area (Å²) in [6.07, 6.45) is 6.93. The summed E-state index contributed by atoms with van der Waals surface area (Å²) in [5, 5.41) is 7.08. The van der Waals surface area contributed by atoms with Crippen LogP contribution in [0.15, 0.2) is 54.7 Å². The van der Waals surface area contributed by atoms with E-state index in [-0.39, 0.29) is 18.0 Å². The molecule has 1 aromatic carbocycles. The third-order valence-electron chi connectivity index (χ3n) is 7.10. The topological polar surface area (TPSA) is 62.2 Å². The molecule has 2 aliphatic rings. The van der Waals surface area contributed by atoms with Crippen LogP contribution < -0.4 is 15.5 Å². The number of thiocarbonyl (C=S) groups is 1. The summed E-state index contributed by atoms with van der Waals surface area (Å²) in [7, 11) is 0. The first-order valence-electron chi connectivity index (χ1n) is 12.0. The van der Waals surface area contributed by atoms with E-state index in [2.05, 4.69) is 51.1 Å². The van der Waals surface area contributed by atoms with E-state index in [1.165, 1.54) is 49.6 Å². The second-order valence-electron chi connectivity index (χ2n) is 9.36. The molecule has 6 nitrogen and oxygen atoms in total. The standard InChI is InChI=1S/C27H31N5OS/c1-17-16-23(18(2)31(17)21-8-4-5-9-21)26-25(24-10-6-7-15-28-24)30-27(34)32(26)22-13-11-20(12-14-22)29-19(3)33/h6-7,10-16,21,25-26H,4-5,8-9H2,1-3H3,(H,29,33)(H,30,34)/t25-,26-/m0/s1. The van der Waals surface area contributed by atoms with Crippen LogP contribution in [0.3, 0.4) is 0 Å². The fourth-order valence-electron chi connectivity index (χ4n) is 5.68. The van der Waals surface area contributed by atoms with Crippen molar-refractivity contribution in [3.05, 3.63) is 77.4 Å². The number of anilines is 2. The zero-order valence-electron chi connectivity index (χ0n) is 19.9. The minimum atomic E-state index is -0.0847. The summed E-state index contributed by atoms with van der Waals surface area (Å²) < 4.78 is 2.54. The Morgan fingerprint density at radius 1 is 1.12 bits per heavy atom. The Hall–Kier alpha value is -3.19. The third kappa shape index (κ3) is 4.09. The molecule has 2 N–H and O–H groups in total. The first kappa shape index (κ1) is 22.6. The molecule has 1 amide bonds.